The first kappa shape index (κ1) is 11.4. The molecule has 1 aliphatic rings. The second kappa shape index (κ2) is 4.83. The van der Waals surface area contributed by atoms with Crippen LogP contribution in [-0.4, -0.2) is 20.1 Å². The van der Waals surface area contributed by atoms with E-state index in [-0.39, 0.29) is 5.82 Å². The average molecular weight is 222 g/mol. The summed E-state index contributed by atoms with van der Waals surface area (Å²) in [7, 11) is 3.99. The number of halogens is 1. The van der Waals surface area contributed by atoms with Crippen LogP contribution in [0.25, 0.3) is 0 Å². The Kier molecular flexibility index (Phi) is 3.44. The van der Waals surface area contributed by atoms with Crippen molar-refractivity contribution in [2.75, 3.05) is 19.0 Å². The fourth-order valence-corrected chi connectivity index (χ4v) is 2.20. The third kappa shape index (κ3) is 2.19. The molecule has 0 spiro atoms. The van der Waals surface area contributed by atoms with E-state index in [1.165, 1.54) is 19.3 Å². The number of hydrogen-bond acceptors (Lipinski definition) is 2. The highest BCUT2D eigenvalue weighted by atomic mass is 19.1. The zero-order chi connectivity index (χ0) is 11.5. The van der Waals surface area contributed by atoms with Crippen molar-refractivity contribution >= 4 is 5.69 Å². The first-order chi connectivity index (χ1) is 7.72. The third-order valence-corrected chi connectivity index (χ3v) is 3.41. The Hall–Kier alpha value is -1.09. The van der Waals surface area contributed by atoms with E-state index in [1.807, 2.05) is 13.1 Å². The largest absolute Gasteiger partial charge is 0.371 e. The molecule has 0 heterocycles. The van der Waals surface area contributed by atoms with Crippen LogP contribution in [0.4, 0.5) is 10.1 Å². The van der Waals surface area contributed by atoms with Crippen LogP contribution in [-0.2, 0) is 6.54 Å². The molecule has 0 amide bonds. The fourth-order valence-electron chi connectivity index (χ4n) is 2.20. The number of nitrogens with one attached hydrogen (secondary N) is 1. The van der Waals surface area contributed by atoms with Gasteiger partial charge < -0.3 is 10.2 Å². The summed E-state index contributed by atoms with van der Waals surface area (Å²) in [4.78, 5) is 2.29. The van der Waals surface area contributed by atoms with Gasteiger partial charge in [-0.25, -0.2) is 4.39 Å². The molecule has 1 fully saturated rings. The van der Waals surface area contributed by atoms with Crippen molar-refractivity contribution in [1.29, 1.82) is 0 Å². The first-order valence-corrected chi connectivity index (χ1v) is 5.88. The molecule has 2 nitrogen and oxygen atoms in total. The van der Waals surface area contributed by atoms with Gasteiger partial charge in [0.15, 0.2) is 0 Å². The lowest BCUT2D eigenvalue weighted by atomic mass is 9.91. The summed E-state index contributed by atoms with van der Waals surface area (Å²) in [5, 5.41) is 3.09. The van der Waals surface area contributed by atoms with Crippen molar-refractivity contribution in [3.63, 3.8) is 0 Å². The van der Waals surface area contributed by atoms with Crippen molar-refractivity contribution in [3.8, 4) is 0 Å². The van der Waals surface area contributed by atoms with Gasteiger partial charge in [0.1, 0.15) is 5.82 Å². The third-order valence-electron chi connectivity index (χ3n) is 3.41. The number of rotatable bonds is 4. The van der Waals surface area contributed by atoms with E-state index in [4.69, 9.17) is 0 Å². The zero-order valence-electron chi connectivity index (χ0n) is 9.96. The summed E-state index contributed by atoms with van der Waals surface area (Å²) >= 11 is 0. The molecule has 0 radical (unpaired) electrons. The molecule has 0 saturated heterocycles. The van der Waals surface area contributed by atoms with E-state index in [2.05, 4.69) is 17.3 Å². The minimum atomic E-state index is -0.156. The minimum absolute atomic E-state index is 0.156. The Bertz CT molecular complexity index is 361. The molecule has 0 bridgehead atoms. The van der Waals surface area contributed by atoms with E-state index in [9.17, 15) is 4.39 Å². The topological polar surface area (TPSA) is 15.3 Å². The molecule has 1 aromatic rings. The van der Waals surface area contributed by atoms with E-state index >= 15 is 0 Å². The number of hydrogen-bond donors (Lipinski definition) is 1. The average Bonchev–Trinajstić information content (AvgIpc) is 2.15. The fraction of sp³-hybridized carbons (Fsp3) is 0.538. The minimum Gasteiger partial charge on any atom is -0.371 e. The maximum absolute atomic E-state index is 13.2. The molecule has 1 aliphatic carbocycles. The zero-order valence-corrected chi connectivity index (χ0v) is 9.96. The van der Waals surface area contributed by atoms with E-state index < -0.39 is 0 Å². The molecule has 1 saturated carbocycles. The Morgan fingerprint density at radius 3 is 2.75 bits per heavy atom. The van der Waals surface area contributed by atoms with Crippen LogP contribution in [0.1, 0.15) is 24.8 Å². The predicted molar refractivity (Wildman–Crippen MR) is 65.2 cm³/mol. The van der Waals surface area contributed by atoms with Gasteiger partial charge in [-0.1, -0.05) is 0 Å². The summed E-state index contributed by atoms with van der Waals surface area (Å²) in [6, 6.07) is 5.70. The molecular formula is C13H19FN2. The number of anilines is 1. The molecule has 16 heavy (non-hydrogen) atoms. The first-order valence-electron chi connectivity index (χ1n) is 5.88. The van der Waals surface area contributed by atoms with Gasteiger partial charge in [0.05, 0.1) is 0 Å². The summed E-state index contributed by atoms with van der Waals surface area (Å²) in [5.74, 6) is -0.156. The van der Waals surface area contributed by atoms with Crippen LogP contribution in [0, 0.1) is 5.82 Å². The lowest BCUT2D eigenvalue weighted by molar-refractivity contribution is 0.400. The molecule has 0 atom stereocenters. The van der Waals surface area contributed by atoms with Crippen LogP contribution >= 0.6 is 0 Å². The molecule has 88 valence electrons. The quantitative estimate of drug-likeness (QED) is 0.842. The van der Waals surface area contributed by atoms with Gasteiger partial charge in [-0.15, -0.1) is 0 Å². The lowest BCUT2D eigenvalue weighted by Gasteiger charge is -2.37. The summed E-state index contributed by atoms with van der Waals surface area (Å²) < 4.78 is 13.2. The Labute approximate surface area is 96.5 Å². The van der Waals surface area contributed by atoms with Crippen molar-refractivity contribution in [1.82, 2.24) is 5.32 Å². The highest BCUT2D eigenvalue weighted by Gasteiger charge is 2.23. The van der Waals surface area contributed by atoms with Crippen LogP contribution in [0.15, 0.2) is 18.2 Å². The molecule has 3 heteroatoms. The van der Waals surface area contributed by atoms with Crippen LogP contribution < -0.4 is 10.2 Å². The van der Waals surface area contributed by atoms with Crippen molar-refractivity contribution < 1.29 is 4.39 Å². The highest BCUT2D eigenvalue weighted by Crippen LogP contribution is 2.30. The molecule has 1 N–H and O–H groups in total. The summed E-state index contributed by atoms with van der Waals surface area (Å²) in [5.41, 5.74) is 2.19. The van der Waals surface area contributed by atoms with Gasteiger partial charge in [-0.3, -0.25) is 0 Å². The Morgan fingerprint density at radius 2 is 2.19 bits per heavy atom. The van der Waals surface area contributed by atoms with Gasteiger partial charge in [-0.05, 0) is 50.1 Å². The molecule has 0 aromatic heterocycles. The maximum atomic E-state index is 13.2. The Balaban J connectivity index is 2.23. The van der Waals surface area contributed by atoms with Crippen molar-refractivity contribution in [2.24, 2.45) is 0 Å². The SMILES string of the molecule is CNCc1cc(F)ccc1N(C)C1CCC1. The van der Waals surface area contributed by atoms with Crippen LogP contribution in [0.3, 0.4) is 0 Å². The standard InChI is InChI=1S/C13H19FN2/c1-15-9-10-8-11(14)6-7-13(10)16(2)12-4-3-5-12/h6-8,12,15H,3-5,9H2,1-2H3. The van der Waals surface area contributed by atoms with E-state index in [0.29, 0.717) is 12.6 Å². The second-order valence-corrected chi connectivity index (χ2v) is 4.50. The predicted octanol–water partition coefficient (Wildman–Crippen LogP) is 2.53. The molecule has 0 aliphatic heterocycles. The van der Waals surface area contributed by atoms with Gasteiger partial charge in [0.25, 0.3) is 0 Å². The summed E-state index contributed by atoms with van der Waals surface area (Å²) in [6.45, 7) is 0.712. The lowest BCUT2D eigenvalue weighted by Crippen LogP contribution is -2.37. The molecule has 1 aromatic carbocycles. The number of nitrogens with zero attached hydrogens (tertiary/aromatic N) is 1. The number of benzene rings is 1. The second-order valence-electron chi connectivity index (χ2n) is 4.50. The molecule has 2 rings (SSSR count). The van der Waals surface area contributed by atoms with Crippen LogP contribution in [0.5, 0.6) is 0 Å². The maximum Gasteiger partial charge on any atom is 0.123 e. The van der Waals surface area contributed by atoms with Crippen molar-refractivity contribution in [2.45, 2.75) is 31.8 Å². The van der Waals surface area contributed by atoms with Gasteiger partial charge in [-0.2, -0.15) is 0 Å². The van der Waals surface area contributed by atoms with E-state index in [1.54, 1.807) is 12.1 Å². The smallest absolute Gasteiger partial charge is 0.123 e. The van der Waals surface area contributed by atoms with Crippen LogP contribution in [0.2, 0.25) is 0 Å². The van der Waals surface area contributed by atoms with E-state index in [0.717, 1.165) is 11.3 Å². The Morgan fingerprint density at radius 1 is 1.44 bits per heavy atom. The molecule has 0 unspecified atom stereocenters. The van der Waals surface area contributed by atoms with Gasteiger partial charge in [0.2, 0.25) is 0 Å². The van der Waals surface area contributed by atoms with Crippen molar-refractivity contribution in [3.05, 3.63) is 29.6 Å². The highest BCUT2D eigenvalue weighted by molar-refractivity contribution is 5.54. The van der Waals surface area contributed by atoms with Gasteiger partial charge >= 0.3 is 0 Å². The normalized spacial score (nSPS) is 15.9. The molecular weight excluding hydrogens is 203 g/mol. The van der Waals surface area contributed by atoms with Gasteiger partial charge in [0, 0.05) is 25.3 Å². The monoisotopic (exact) mass is 222 g/mol. The summed E-state index contributed by atoms with van der Waals surface area (Å²) in [6.07, 6.45) is 3.83.